The lowest BCUT2D eigenvalue weighted by Gasteiger charge is -2.13. The molecule has 0 heterocycles. The highest BCUT2D eigenvalue weighted by molar-refractivity contribution is 9.10. The number of benzene rings is 2. The van der Waals surface area contributed by atoms with Crippen LogP contribution in [0.3, 0.4) is 0 Å². The molecule has 0 amide bonds. The quantitative estimate of drug-likeness (QED) is 0.921. The van der Waals surface area contributed by atoms with E-state index in [4.69, 9.17) is 0 Å². The molecule has 0 aliphatic rings. The van der Waals surface area contributed by atoms with E-state index >= 15 is 0 Å². The van der Waals surface area contributed by atoms with Gasteiger partial charge in [-0.05, 0) is 33.6 Å². The predicted molar refractivity (Wildman–Crippen MR) is 79.3 cm³/mol. The summed E-state index contributed by atoms with van der Waals surface area (Å²) in [6.45, 7) is 0. The number of nitrogens with one attached hydrogen (secondary N) is 1. The van der Waals surface area contributed by atoms with Gasteiger partial charge in [0.2, 0.25) is 10.0 Å². The summed E-state index contributed by atoms with van der Waals surface area (Å²) >= 11 is 3.20. The summed E-state index contributed by atoms with van der Waals surface area (Å²) in [5.74, 6) is 0. The van der Waals surface area contributed by atoms with Crippen molar-refractivity contribution in [2.45, 2.75) is 10.9 Å². The summed E-state index contributed by atoms with van der Waals surface area (Å²) < 4.78 is 27.5. The van der Waals surface area contributed by atoms with Gasteiger partial charge in [-0.25, -0.2) is 8.42 Å². The van der Waals surface area contributed by atoms with Gasteiger partial charge >= 0.3 is 0 Å². The summed E-state index contributed by atoms with van der Waals surface area (Å²) in [6, 6.07) is 16.2. The fraction of sp³-hybridized carbons (Fsp3) is 0.0714. The van der Waals surface area contributed by atoms with Gasteiger partial charge < -0.3 is 0 Å². The highest BCUT2D eigenvalue weighted by atomic mass is 79.9. The number of hydrogen-bond acceptors (Lipinski definition) is 3. The molecule has 0 aromatic heterocycles. The zero-order valence-corrected chi connectivity index (χ0v) is 12.7. The normalized spacial score (nSPS) is 12.6. The maximum atomic E-state index is 12.3. The molecule has 2 rings (SSSR count). The second kappa shape index (κ2) is 6.18. The molecular formula is C14H11BrN2O2S. The standard InChI is InChI=1S/C14H11BrN2O2S/c15-12-8-4-5-9-14(12)20(18,19)17-13(10-16)11-6-2-1-3-7-11/h1-9,13,17H. The molecular weight excluding hydrogens is 340 g/mol. The molecule has 0 spiro atoms. The Morgan fingerprint density at radius 3 is 2.25 bits per heavy atom. The Morgan fingerprint density at radius 2 is 1.65 bits per heavy atom. The molecule has 1 N–H and O–H groups in total. The second-order valence-corrected chi connectivity index (χ2v) is 6.56. The number of nitrogens with zero attached hydrogens (tertiary/aromatic N) is 1. The average molecular weight is 351 g/mol. The Bertz CT molecular complexity index is 739. The van der Waals surface area contributed by atoms with E-state index in [1.54, 1.807) is 48.5 Å². The van der Waals surface area contributed by atoms with Gasteiger partial charge in [-0.15, -0.1) is 0 Å². The largest absolute Gasteiger partial charge is 0.243 e. The van der Waals surface area contributed by atoms with E-state index in [9.17, 15) is 13.7 Å². The maximum Gasteiger partial charge on any atom is 0.243 e. The van der Waals surface area contributed by atoms with Gasteiger partial charge in [0.05, 0.1) is 11.0 Å². The first-order valence-electron chi connectivity index (χ1n) is 5.76. The minimum absolute atomic E-state index is 0.108. The number of sulfonamides is 1. The van der Waals surface area contributed by atoms with Crippen molar-refractivity contribution in [1.82, 2.24) is 4.72 Å². The third kappa shape index (κ3) is 3.25. The Kier molecular flexibility index (Phi) is 4.55. The predicted octanol–water partition coefficient (Wildman–Crippen LogP) is 2.99. The Balaban J connectivity index is 2.33. The second-order valence-electron chi connectivity index (χ2n) is 4.02. The Morgan fingerprint density at radius 1 is 1.05 bits per heavy atom. The van der Waals surface area contributed by atoms with Crippen LogP contribution in [0.5, 0.6) is 0 Å². The summed E-state index contributed by atoms with van der Waals surface area (Å²) in [5.41, 5.74) is 0.602. The van der Waals surface area contributed by atoms with E-state index in [1.165, 1.54) is 6.07 Å². The molecule has 20 heavy (non-hydrogen) atoms. The fourth-order valence-corrected chi connectivity index (χ4v) is 3.83. The number of rotatable bonds is 4. The van der Waals surface area contributed by atoms with E-state index < -0.39 is 16.1 Å². The van der Waals surface area contributed by atoms with Crippen LogP contribution in [0.2, 0.25) is 0 Å². The number of hydrogen-bond donors (Lipinski definition) is 1. The zero-order valence-electron chi connectivity index (χ0n) is 10.3. The van der Waals surface area contributed by atoms with Gasteiger partial charge in [0, 0.05) is 4.47 Å². The van der Waals surface area contributed by atoms with Gasteiger partial charge in [0.15, 0.2) is 0 Å². The summed E-state index contributed by atoms with van der Waals surface area (Å²) in [5, 5.41) is 9.17. The first-order chi connectivity index (χ1) is 9.54. The fourth-order valence-electron chi connectivity index (χ4n) is 1.70. The third-order valence-corrected chi connectivity index (χ3v) is 5.10. The molecule has 0 radical (unpaired) electrons. The average Bonchev–Trinajstić information content (AvgIpc) is 2.46. The molecule has 0 saturated carbocycles. The zero-order chi connectivity index (χ0) is 14.6. The van der Waals surface area contributed by atoms with E-state index in [-0.39, 0.29) is 4.90 Å². The summed E-state index contributed by atoms with van der Waals surface area (Å²) in [6.07, 6.45) is 0. The van der Waals surface area contributed by atoms with E-state index in [1.807, 2.05) is 6.07 Å². The molecule has 0 fully saturated rings. The topological polar surface area (TPSA) is 70.0 Å². The first-order valence-corrected chi connectivity index (χ1v) is 8.03. The molecule has 0 aliphatic carbocycles. The van der Waals surface area contributed by atoms with Crippen LogP contribution in [-0.4, -0.2) is 8.42 Å². The molecule has 6 heteroatoms. The molecule has 102 valence electrons. The lowest BCUT2D eigenvalue weighted by atomic mass is 10.1. The van der Waals surface area contributed by atoms with Gasteiger partial charge in [0.25, 0.3) is 0 Å². The van der Waals surface area contributed by atoms with Crippen LogP contribution in [0.1, 0.15) is 11.6 Å². The van der Waals surface area contributed by atoms with Crippen molar-refractivity contribution >= 4 is 26.0 Å². The Hall–Kier alpha value is -1.68. The maximum absolute atomic E-state index is 12.3. The molecule has 4 nitrogen and oxygen atoms in total. The number of halogens is 1. The SMILES string of the molecule is N#CC(NS(=O)(=O)c1ccccc1Br)c1ccccc1. The van der Waals surface area contributed by atoms with E-state index in [0.29, 0.717) is 10.0 Å². The highest BCUT2D eigenvalue weighted by Gasteiger charge is 2.22. The number of nitriles is 1. The van der Waals surface area contributed by atoms with Gasteiger partial charge in [0.1, 0.15) is 6.04 Å². The van der Waals surface area contributed by atoms with Crippen LogP contribution in [-0.2, 0) is 10.0 Å². The van der Waals surface area contributed by atoms with Crippen LogP contribution >= 0.6 is 15.9 Å². The van der Waals surface area contributed by atoms with Crippen molar-refractivity contribution in [3.8, 4) is 6.07 Å². The summed E-state index contributed by atoms with van der Waals surface area (Å²) in [4.78, 5) is 0.108. The Labute approximate surface area is 126 Å². The highest BCUT2D eigenvalue weighted by Crippen LogP contribution is 2.23. The molecule has 2 aromatic rings. The molecule has 1 atom stereocenters. The van der Waals surface area contributed by atoms with Crippen LogP contribution < -0.4 is 4.72 Å². The lowest BCUT2D eigenvalue weighted by molar-refractivity contribution is 0.575. The van der Waals surface area contributed by atoms with Crippen molar-refractivity contribution in [1.29, 1.82) is 5.26 Å². The van der Waals surface area contributed by atoms with Gasteiger partial charge in [-0.3, -0.25) is 0 Å². The van der Waals surface area contributed by atoms with E-state index in [2.05, 4.69) is 20.7 Å². The molecule has 1 unspecified atom stereocenters. The van der Waals surface area contributed by atoms with E-state index in [0.717, 1.165) is 0 Å². The van der Waals surface area contributed by atoms with Crippen molar-refractivity contribution in [2.75, 3.05) is 0 Å². The minimum atomic E-state index is -3.77. The van der Waals surface area contributed by atoms with Gasteiger partial charge in [-0.2, -0.15) is 9.98 Å². The summed E-state index contributed by atoms with van der Waals surface area (Å²) in [7, 11) is -3.77. The third-order valence-electron chi connectivity index (χ3n) is 2.66. The van der Waals surface area contributed by atoms with Crippen molar-refractivity contribution in [2.24, 2.45) is 0 Å². The molecule has 0 saturated heterocycles. The molecule has 0 aliphatic heterocycles. The minimum Gasteiger partial charge on any atom is -0.207 e. The van der Waals surface area contributed by atoms with Crippen molar-refractivity contribution in [3.63, 3.8) is 0 Å². The van der Waals surface area contributed by atoms with Crippen LogP contribution in [0.15, 0.2) is 64.0 Å². The van der Waals surface area contributed by atoms with Crippen LogP contribution in [0.25, 0.3) is 0 Å². The van der Waals surface area contributed by atoms with Crippen LogP contribution in [0, 0.1) is 11.3 Å². The first kappa shape index (κ1) is 14.7. The molecule has 0 bridgehead atoms. The smallest absolute Gasteiger partial charge is 0.207 e. The van der Waals surface area contributed by atoms with Crippen molar-refractivity contribution < 1.29 is 8.42 Å². The van der Waals surface area contributed by atoms with Crippen molar-refractivity contribution in [3.05, 3.63) is 64.6 Å². The van der Waals surface area contributed by atoms with Gasteiger partial charge in [-0.1, -0.05) is 42.5 Å². The van der Waals surface area contributed by atoms with Crippen LogP contribution in [0.4, 0.5) is 0 Å². The monoisotopic (exact) mass is 350 g/mol. The lowest BCUT2D eigenvalue weighted by Crippen LogP contribution is -2.28. The molecule has 2 aromatic carbocycles.